The quantitative estimate of drug-likeness (QED) is 0.0997. The zero-order valence-corrected chi connectivity index (χ0v) is 26.0. The summed E-state index contributed by atoms with van der Waals surface area (Å²) < 4.78 is 21.2. The number of phosphoric ester groups is 1. The minimum atomic E-state index is -4.88. The summed E-state index contributed by atoms with van der Waals surface area (Å²) in [6.45, 7) is -0.0611. The van der Waals surface area contributed by atoms with E-state index in [1.165, 1.54) is 18.2 Å². The van der Waals surface area contributed by atoms with E-state index in [1.54, 1.807) is 30.3 Å². The van der Waals surface area contributed by atoms with Crippen LogP contribution in [0, 0.1) is 5.92 Å². The van der Waals surface area contributed by atoms with E-state index < -0.39 is 55.2 Å². The Morgan fingerprint density at radius 2 is 1.74 bits per heavy atom. The van der Waals surface area contributed by atoms with E-state index in [2.05, 4.69) is 20.5 Å². The van der Waals surface area contributed by atoms with Crippen molar-refractivity contribution in [3.8, 4) is 5.75 Å². The maximum Gasteiger partial charge on any atom is 0.524 e. The molecule has 0 aliphatic heterocycles. The van der Waals surface area contributed by atoms with Crippen molar-refractivity contribution in [1.29, 1.82) is 0 Å². The number of allylic oxidation sites excluding steroid dienone is 1. The highest BCUT2D eigenvalue weighted by molar-refractivity contribution is 7.46. The normalized spacial score (nSPS) is 19.7. The molecule has 2 aliphatic carbocycles. The maximum atomic E-state index is 13.9. The first kappa shape index (κ1) is 34.5. The van der Waals surface area contributed by atoms with Gasteiger partial charge >= 0.3 is 19.9 Å². The fraction of sp³-hybridized carbons (Fsp3) is 0.419. The molecule has 2 aromatic carbocycles. The molecule has 1 fully saturated rings. The number of alkyl carbamates (subject to hydrolysis) is 1. The lowest BCUT2D eigenvalue weighted by atomic mass is 9.79. The topological polar surface area (TPSA) is 227 Å². The Morgan fingerprint density at radius 1 is 1.02 bits per heavy atom. The standard InChI is InChI=1S/C31H39N4O10P/c32-23-17-21(13-14-26(23)45-46(41,42)43)18-25(34-30(40)44-19-20-9-3-1-4-10-20)27(36)35-31(15-7-2-8-16-31)29(39)33-24-12-6-5-11-22(24)28(37)38/h1,3-4,6,9-10,12-14,17,22,24-25H,2,5,7-8,11,15-16,18-19,32H2,(H,33,39)(H,34,40)(H,35,36)(H,37,38)(H2,41,42,43)/t22-,24+,25+/m1/s1. The van der Waals surface area contributed by atoms with Crippen molar-refractivity contribution in [3.05, 3.63) is 71.8 Å². The molecule has 1 saturated carbocycles. The predicted molar refractivity (Wildman–Crippen MR) is 166 cm³/mol. The summed E-state index contributed by atoms with van der Waals surface area (Å²) in [5.41, 5.74) is 5.62. The van der Waals surface area contributed by atoms with E-state index in [9.17, 15) is 28.8 Å². The molecule has 8 N–H and O–H groups in total. The predicted octanol–water partition coefficient (Wildman–Crippen LogP) is 2.93. The van der Waals surface area contributed by atoms with E-state index in [-0.39, 0.29) is 24.5 Å². The second kappa shape index (κ2) is 15.3. The molecule has 2 aromatic rings. The SMILES string of the molecule is Nc1cc(C[C@H](NC(=O)OCc2ccccc2)C(=O)NC2(C(=O)N[C@H]3C=CCC[C@H]3C(=O)O)CCCCC2)ccc1OP(=O)(O)O. The molecule has 15 heteroatoms. The van der Waals surface area contributed by atoms with Crippen LogP contribution in [0.5, 0.6) is 5.75 Å². The lowest BCUT2D eigenvalue weighted by Crippen LogP contribution is -2.64. The van der Waals surface area contributed by atoms with Crippen LogP contribution in [-0.2, 0) is 36.7 Å². The largest absolute Gasteiger partial charge is 0.524 e. The molecular formula is C31H39N4O10P. The van der Waals surface area contributed by atoms with Crippen LogP contribution in [0.1, 0.15) is 56.1 Å². The molecule has 248 valence electrons. The van der Waals surface area contributed by atoms with Gasteiger partial charge in [-0.2, -0.15) is 0 Å². The van der Waals surface area contributed by atoms with E-state index >= 15 is 0 Å². The Morgan fingerprint density at radius 3 is 2.39 bits per heavy atom. The molecule has 0 bridgehead atoms. The number of nitrogens with one attached hydrogen (secondary N) is 3. The first-order chi connectivity index (χ1) is 21.8. The Hall–Kier alpha value is -4.39. The second-order valence-corrected chi connectivity index (χ2v) is 12.7. The van der Waals surface area contributed by atoms with Crippen LogP contribution in [-0.4, -0.2) is 56.4 Å². The number of benzene rings is 2. The molecular weight excluding hydrogens is 619 g/mol. The fourth-order valence-corrected chi connectivity index (χ4v) is 6.15. The van der Waals surface area contributed by atoms with Crippen molar-refractivity contribution in [3.63, 3.8) is 0 Å². The third-order valence-electron chi connectivity index (χ3n) is 8.09. The smallest absolute Gasteiger partial charge is 0.481 e. The molecule has 0 spiro atoms. The number of hydrogen-bond donors (Lipinski definition) is 7. The number of nitrogen functional groups attached to an aromatic ring is 1. The molecule has 4 rings (SSSR count). The molecule has 3 amide bonds. The Balaban J connectivity index is 1.55. The minimum absolute atomic E-state index is 0.0611. The number of amides is 3. The second-order valence-electron chi connectivity index (χ2n) is 11.5. The molecule has 0 unspecified atom stereocenters. The van der Waals surface area contributed by atoms with Crippen LogP contribution in [0.4, 0.5) is 10.5 Å². The number of nitrogens with two attached hydrogens (primary N) is 1. The molecule has 0 radical (unpaired) electrons. The number of aliphatic carboxylic acids is 1. The van der Waals surface area contributed by atoms with Gasteiger partial charge in [0.15, 0.2) is 5.75 Å². The molecule has 46 heavy (non-hydrogen) atoms. The monoisotopic (exact) mass is 658 g/mol. The number of phosphoric acid groups is 1. The summed E-state index contributed by atoms with van der Waals surface area (Å²) in [7, 11) is -4.88. The number of carboxylic acids is 1. The van der Waals surface area contributed by atoms with Crippen molar-refractivity contribution < 1.29 is 47.9 Å². The Labute approximate surface area is 266 Å². The van der Waals surface area contributed by atoms with Gasteiger partial charge in [-0.15, -0.1) is 0 Å². The van der Waals surface area contributed by atoms with Crippen LogP contribution < -0.4 is 26.2 Å². The third-order valence-corrected chi connectivity index (χ3v) is 8.53. The molecule has 3 atom stereocenters. The average molecular weight is 659 g/mol. The fourth-order valence-electron chi connectivity index (χ4n) is 5.72. The van der Waals surface area contributed by atoms with Crippen molar-refractivity contribution in [2.24, 2.45) is 5.92 Å². The number of carboxylic acid groups (broad SMARTS) is 1. The number of carbonyl (C=O) groups is 4. The van der Waals surface area contributed by atoms with Gasteiger partial charge in [-0.05, 0) is 48.9 Å². The first-order valence-corrected chi connectivity index (χ1v) is 16.5. The van der Waals surface area contributed by atoms with Crippen molar-refractivity contribution in [2.45, 2.75) is 75.6 Å². The minimum Gasteiger partial charge on any atom is -0.481 e. The molecule has 2 aliphatic rings. The van der Waals surface area contributed by atoms with E-state index in [0.29, 0.717) is 44.1 Å². The summed E-state index contributed by atoms with van der Waals surface area (Å²) in [6, 6.07) is 10.9. The molecule has 0 saturated heterocycles. The first-order valence-electron chi connectivity index (χ1n) is 15.0. The van der Waals surface area contributed by atoms with Gasteiger partial charge in [0.05, 0.1) is 17.6 Å². The summed E-state index contributed by atoms with van der Waals surface area (Å²) in [6.07, 6.45) is 6.17. The molecule has 14 nitrogen and oxygen atoms in total. The van der Waals surface area contributed by atoms with Crippen LogP contribution in [0.2, 0.25) is 0 Å². The highest BCUT2D eigenvalue weighted by atomic mass is 31.2. The lowest BCUT2D eigenvalue weighted by Gasteiger charge is -2.39. The van der Waals surface area contributed by atoms with Gasteiger partial charge in [0.2, 0.25) is 11.8 Å². The van der Waals surface area contributed by atoms with Crippen molar-refractivity contribution in [1.82, 2.24) is 16.0 Å². The van der Waals surface area contributed by atoms with Gasteiger partial charge in [-0.1, -0.05) is 67.8 Å². The zero-order valence-electron chi connectivity index (χ0n) is 25.1. The van der Waals surface area contributed by atoms with Gasteiger partial charge in [0, 0.05) is 6.42 Å². The summed E-state index contributed by atoms with van der Waals surface area (Å²) >= 11 is 0. The van der Waals surface area contributed by atoms with Gasteiger partial charge in [0.1, 0.15) is 18.2 Å². The molecule has 0 heterocycles. The molecule has 0 aromatic heterocycles. The Bertz CT molecular complexity index is 1490. The van der Waals surface area contributed by atoms with E-state index in [0.717, 1.165) is 12.0 Å². The number of anilines is 1. The van der Waals surface area contributed by atoms with Crippen molar-refractivity contribution >= 4 is 37.4 Å². The van der Waals surface area contributed by atoms with Crippen LogP contribution in [0.15, 0.2) is 60.7 Å². The lowest BCUT2D eigenvalue weighted by molar-refractivity contribution is -0.143. The number of carbonyl (C=O) groups excluding carboxylic acids is 3. The highest BCUT2D eigenvalue weighted by Gasteiger charge is 2.44. The zero-order chi connectivity index (χ0) is 33.3. The van der Waals surface area contributed by atoms with Gasteiger partial charge < -0.3 is 36.1 Å². The summed E-state index contributed by atoms with van der Waals surface area (Å²) in [4.78, 5) is 70.7. The maximum absolute atomic E-state index is 13.9. The third kappa shape index (κ3) is 9.56. The van der Waals surface area contributed by atoms with Crippen LogP contribution in [0.3, 0.4) is 0 Å². The van der Waals surface area contributed by atoms with Gasteiger partial charge in [-0.3, -0.25) is 24.2 Å². The Kier molecular flexibility index (Phi) is 11.4. The van der Waals surface area contributed by atoms with Gasteiger partial charge in [0.25, 0.3) is 0 Å². The van der Waals surface area contributed by atoms with E-state index in [1.807, 2.05) is 12.1 Å². The van der Waals surface area contributed by atoms with Crippen LogP contribution in [0.25, 0.3) is 0 Å². The number of ether oxygens (including phenoxy) is 1. The summed E-state index contributed by atoms with van der Waals surface area (Å²) in [5, 5.41) is 18.0. The van der Waals surface area contributed by atoms with E-state index in [4.69, 9.17) is 20.3 Å². The van der Waals surface area contributed by atoms with Crippen molar-refractivity contribution in [2.75, 3.05) is 5.73 Å². The highest BCUT2D eigenvalue weighted by Crippen LogP contribution is 2.40. The number of hydrogen-bond acceptors (Lipinski definition) is 8. The van der Waals surface area contributed by atoms with Crippen LogP contribution >= 0.6 is 7.82 Å². The summed E-state index contributed by atoms with van der Waals surface area (Å²) in [5.74, 6) is -3.27. The average Bonchev–Trinajstić information content (AvgIpc) is 3.01. The number of rotatable bonds is 12. The van der Waals surface area contributed by atoms with Gasteiger partial charge in [-0.25, -0.2) is 9.36 Å².